The summed E-state index contributed by atoms with van der Waals surface area (Å²) < 4.78 is 3.86. The number of nitrogens with one attached hydrogen (secondary N) is 1. The Labute approximate surface area is 191 Å². The van der Waals surface area contributed by atoms with Crippen molar-refractivity contribution in [1.29, 1.82) is 0 Å². The van der Waals surface area contributed by atoms with Gasteiger partial charge in [-0.2, -0.15) is 0 Å². The van der Waals surface area contributed by atoms with Crippen molar-refractivity contribution in [3.63, 3.8) is 0 Å². The van der Waals surface area contributed by atoms with E-state index >= 15 is 0 Å². The number of rotatable bonds is 4. The molecule has 8 heteroatoms. The maximum Gasteiger partial charge on any atom is 0.272 e. The van der Waals surface area contributed by atoms with Crippen molar-refractivity contribution in [1.82, 2.24) is 24.3 Å². The van der Waals surface area contributed by atoms with Crippen LogP contribution >= 0.6 is 0 Å². The molecular formula is C25H26N6O2. The van der Waals surface area contributed by atoms with Gasteiger partial charge in [-0.15, -0.1) is 10.2 Å². The van der Waals surface area contributed by atoms with Crippen LogP contribution in [0.25, 0.3) is 22.4 Å². The van der Waals surface area contributed by atoms with Crippen LogP contribution in [0.5, 0.6) is 0 Å². The van der Waals surface area contributed by atoms with Gasteiger partial charge < -0.3 is 14.5 Å². The van der Waals surface area contributed by atoms with Gasteiger partial charge in [0.15, 0.2) is 5.82 Å². The number of fused-ring (bicyclic) bond motifs is 2. The Balaban J connectivity index is 1.43. The Morgan fingerprint density at radius 1 is 1.09 bits per heavy atom. The molecule has 0 aliphatic carbocycles. The van der Waals surface area contributed by atoms with Crippen LogP contribution in [0.3, 0.4) is 0 Å². The molecule has 1 N–H and O–H groups in total. The molecule has 8 nitrogen and oxygen atoms in total. The van der Waals surface area contributed by atoms with Crippen LogP contribution in [0, 0.1) is 6.92 Å². The first-order chi connectivity index (χ1) is 16.0. The van der Waals surface area contributed by atoms with Crippen molar-refractivity contribution < 1.29 is 4.79 Å². The van der Waals surface area contributed by atoms with Crippen LogP contribution in [-0.4, -0.2) is 30.2 Å². The number of hydrogen-bond donors (Lipinski definition) is 1. The molecule has 0 atom stereocenters. The number of aromatic nitrogens is 5. The number of carbonyl (C=O) groups excluding carboxylic acids is 1. The van der Waals surface area contributed by atoms with Crippen LogP contribution in [0.1, 0.15) is 48.1 Å². The van der Waals surface area contributed by atoms with Crippen molar-refractivity contribution in [3.8, 4) is 11.4 Å². The number of benzene rings is 2. The summed E-state index contributed by atoms with van der Waals surface area (Å²) >= 11 is 0. The Bertz CT molecular complexity index is 1420. The monoisotopic (exact) mass is 442 g/mol. The Morgan fingerprint density at radius 3 is 2.82 bits per heavy atom. The highest BCUT2D eigenvalue weighted by molar-refractivity contribution is 6.06. The van der Waals surface area contributed by atoms with Crippen molar-refractivity contribution >= 4 is 22.6 Å². The number of hydrogen-bond acceptors (Lipinski definition) is 5. The van der Waals surface area contributed by atoms with Crippen molar-refractivity contribution in [3.05, 3.63) is 69.9 Å². The molecule has 0 saturated carbocycles. The molecule has 1 aliphatic rings. The van der Waals surface area contributed by atoms with Gasteiger partial charge in [-0.3, -0.25) is 9.59 Å². The van der Waals surface area contributed by atoms with E-state index in [2.05, 4.69) is 25.1 Å². The average Bonchev–Trinajstić information content (AvgIpc) is 3.08. The molecule has 0 unspecified atom stereocenters. The first kappa shape index (κ1) is 21.1. The zero-order chi connectivity index (χ0) is 22.9. The summed E-state index contributed by atoms with van der Waals surface area (Å²) in [6.45, 7) is 5.07. The first-order valence-corrected chi connectivity index (χ1v) is 11.4. The summed E-state index contributed by atoms with van der Waals surface area (Å²) in [5, 5.41) is 11.8. The standard InChI is InChI=1S/C25H26N6O2/c1-3-30-21-12-11-18(15-20(21)26-16(2)25(30)33)24(32)27-19-9-7-8-17(14-19)23-29-28-22-10-5-4-6-13-31(22)23/h7-9,11-12,14-15H,3-6,10,13H2,1-2H3,(H,27,32). The van der Waals surface area contributed by atoms with E-state index in [0.29, 0.717) is 29.0 Å². The van der Waals surface area contributed by atoms with Crippen LogP contribution in [0.4, 0.5) is 5.69 Å². The van der Waals surface area contributed by atoms with Gasteiger partial charge in [-0.1, -0.05) is 18.6 Å². The molecule has 5 rings (SSSR count). The van der Waals surface area contributed by atoms with E-state index in [4.69, 9.17) is 0 Å². The summed E-state index contributed by atoms with van der Waals surface area (Å²) in [5.41, 5.74) is 3.76. The lowest BCUT2D eigenvalue weighted by Crippen LogP contribution is -2.23. The number of aryl methyl sites for hydroxylation is 3. The summed E-state index contributed by atoms with van der Waals surface area (Å²) in [6, 6.07) is 12.9. The van der Waals surface area contributed by atoms with Crippen LogP contribution in [0.2, 0.25) is 0 Å². The van der Waals surface area contributed by atoms with Gasteiger partial charge in [-0.25, -0.2) is 4.98 Å². The van der Waals surface area contributed by atoms with E-state index in [1.807, 2.05) is 31.2 Å². The number of anilines is 1. The van der Waals surface area contributed by atoms with Crippen LogP contribution < -0.4 is 10.9 Å². The zero-order valence-electron chi connectivity index (χ0n) is 18.8. The molecule has 0 fully saturated rings. The van der Waals surface area contributed by atoms with Gasteiger partial charge in [0.2, 0.25) is 0 Å². The third-order valence-corrected chi connectivity index (χ3v) is 6.18. The van der Waals surface area contributed by atoms with Gasteiger partial charge in [0, 0.05) is 36.3 Å². The number of nitrogens with zero attached hydrogens (tertiary/aromatic N) is 5. The second-order valence-corrected chi connectivity index (χ2v) is 8.39. The smallest absolute Gasteiger partial charge is 0.272 e. The molecule has 0 radical (unpaired) electrons. The molecule has 0 bridgehead atoms. The largest absolute Gasteiger partial charge is 0.322 e. The SMILES string of the molecule is CCn1c(=O)c(C)nc2cc(C(=O)Nc3cccc(-c4nnc5n4CCCCC5)c3)ccc21. The van der Waals surface area contributed by atoms with Crippen molar-refractivity contribution in [2.45, 2.75) is 52.6 Å². The minimum Gasteiger partial charge on any atom is -0.322 e. The summed E-state index contributed by atoms with van der Waals surface area (Å²) in [5.74, 6) is 1.63. The quantitative estimate of drug-likeness (QED) is 0.516. The van der Waals surface area contributed by atoms with Gasteiger partial charge >= 0.3 is 0 Å². The highest BCUT2D eigenvalue weighted by Gasteiger charge is 2.17. The Hall–Kier alpha value is -3.81. The molecule has 1 aliphatic heterocycles. The Morgan fingerprint density at radius 2 is 1.97 bits per heavy atom. The fourth-order valence-electron chi connectivity index (χ4n) is 4.47. The van der Waals surface area contributed by atoms with Gasteiger partial charge in [-0.05, 0) is 57.0 Å². The maximum absolute atomic E-state index is 13.0. The second-order valence-electron chi connectivity index (χ2n) is 8.39. The molecule has 4 aromatic rings. The van der Waals surface area contributed by atoms with Crippen LogP contribution in [0.15, 0.2) is 47.3 Å². The normalized spacial score (nSPS) is 13.5. The minimum absolute atomic E-state index is 0.106. The number of amides is 1. The van der Waals surface area contributed by atoms with E-state index in [1.54, 1.807) is 29.7 Å². The zero-order valence-corrected chi connectivity index (χ0v) is 18.8. The highest BCUT2D eigenvalue weighted by Crippen LogP contribution is 2.25. The summed E-state index contributed by atoms with van der Waals surface area (Å²) in [7, 11) is 0. The third-order valence-electron chi connectivity index (χ3n) is 6.18. The molecule has 2 aromatic heterocycles. The molecule has 2 aromatic carbocycles. The molecule has 1 amide bonds. The van der Waals surface area contributed by atoms with E-state index in [-0.39, 0.29) is 11.5 Å². The van der Waals surface area contributed by atoms with Gasteiger partial charge in [0.25, 0.3) is 11.5 Å². The van der Waals surface area contributed by atoms with Crippen LogP contribution in [-0.2, 0) is 19.5 Å². The van der Waals surface area contributed by atoms with E-state index in [1.165, 1.54) is 6.42 Å². The summed E-state index contributed by atoms with van der Waals surface area (Å²) in [6.07, 6.45) is 4.41. The molecule has 33 heavy (non-hydrogen) atoms. The lowest BCUT2D eigenvalue weighted by Gasteiger charge is -2.11. The van der Waals surface area contributed by atoms with Crippen molar-refractivity contribution in [2.75, 3.05) is 5.32 Å². The minimum atomic E-state index is -0.233. The maximum atomic E-state index is 13.0. The molecule has 0 spiro atoms. The lowest BCUT2D eigenvalue weighted by molar-refractivity contribution is 0.102. The molecule has 168 valence electrons. The van der Waals surface area contributed by atoms with Gasteiger partial charge in [0.05, 0.1) is 11.0 Å². The fourth-order valence-corrected chi connectivity index (χ4v) is 4.47. The van der Waals surface area contributed by atoms with Crippen molar-refractivity contribution in [2.24, 2.45) is 0 Å². The van der Waals surface area contributed by atoms with E-state index < -0.39 is 0 Å². The predicted molar refractivity (Wildman–Crippen MR) is 127 cm³/mol. The molecular weight excluding hydrogens is 416 g/mol. The fraction of sp³-hybridized carbons (Fsp3) is 0.320. The third kappa shape index (κ3) is 3.92. The second kappa shape index (κ2) is 8.61. The predicted octanol–water partition coefficient (Wildman–Crippen LogP) is 3.96. The first-order valence-electron chi connectivity index (χ1n) is 11.4. The topological polar surface area (TPSA) is 94.7 Å². The Kier molecular flexibility index (Phi) is 5.50. The highest BCUT2D eigenvalue weighted by atomic mass is 16.1. The van der Waals surface area contributed by atoms with E-state index in [9.17, 15) is 9.59 Å². The summed E-state index contributed by atoms with van der Waals surface area (Å²) in [4.78, 5) is 29.7. The molecule has 0 saturated heterocycles. The average molecular weight is 443 g/mol. The van der Waals surface area contributed by atoms with E-state index in [0.717, 1.165) is 48.5 Å². The lowest BCUT2D eigenvalue weighted by atomic mass is 10.1. The molecule has 3 heterocycles. The van der Waals surface area contributed by atoms with Gasteiger partial charge in [0.1, 0.15) is 11.5 Å². The number of carbonyl (C=O) groups is 1.